The smallest absolute Gasteiger partial charge is 0.228 e. The van der Waals surface area contributed by atoms with Crippen LogP contribution in [0.15, 0.2) is 60.1 Å². The minimum atomic E-state index is 0.171. The summed E-state index contributed by atoms with van der Waals surface area (Å²) in [5, 5.41) is 2.05. The quantitative estimate of drug-likeness (QED) is 0.459. The fourth-order valence-electron chi connectivity index (χ4n) is 4.09. The number of carbonyl (C=O) groups is 1. The SMILES string of the molecule is COc1ccc(N2CCN(C(=O)Cc3csc4nc(-c5ccc(C)cc5)cn34)CC2)cc1. The van der Waals surface area contributed by atoms with Gasteiger partial charge >= 0.3 is 0 Å². The minimum absolute atomic E-state index is 0.171. The largest absolute Gasteiger partial charge is 0.497 e. The summed E-state index contributed by atoms with van der Waals surface area (Å²) in [6.07, 6.45) is 2.44. The van der Waals surface area contributed by atoms with Gasteiger partial charge in [-0.2, -0.15) is 0 Å². The number of carbonyl (C=O) groups excluding carboxylic acids is 1. The lowest BCUT2D eigenvalue weighted by Crippen LogP contribution is -2.49. The predicted octanol–water partition coefficient (Wildman–Crippen LogP) is 4.27. The highest BCUT2D eigenvalue weighted by Gasteiger charge is 2.22. The van der Waals surface area contributed by atoms with Crippen molar-refractivity contribution >= 4 is 27.9 Å². The van der Waals surface area contributed by atoms with E-state index in [1.54, 1.807) is 18.4 Å². The summed E-state index contributed by atoms with van der Waals surface area (Å²) in [6, 6.07) is 16.5. The van der Waals surface area contributed by atoms with Crippen molar-refractivity contribution in [2.75, 3.05) is 38.2 Å². The monoisotopic (exact) mass is 446 g/mol. The van der Waals surface area contributed by atoms with Gasteiger partial charge in [-0.25, -0.2) is 4.98 Å². The van der Waals surface area contributed by atoms with Crippen molar-refractivity contribution < 1.29 is 9.53 Å². The summed E-state index contributed by atoms with van der Waals surface area (Å²) in [6.45, 7) is 5.21. The number of nitrogens with zero attached hydrogens (tertiary/aromatic N) is 4. The van der Waals surface area contributed by atoms with Gasteiger partial charge in [-0.1, -0.05) is 29.8 Å². The highest BCUT2D eigenvalue weighted by molar-refractivity contribution is 7.15. The van der Waals surface area contributed by atoms with Gasteiger partial charge in [-0.15, -0.1) is 11.3 Å². The zero-order valence-corrected chi connectivity index (χ0v) is 19.1. The van der Waals surface area contributed by atoms with Crippen LogP contribution in [0.1, 0.15) is 11.3 Å². The Morgan fingerprint density at radius 1 is 1.03 bits per heavy atom. The van der Waals surface area contributed by atoms with Crippen LogP contribution in [0.3, 0.4) is 0 Å². The van der Waals surface area contributed by atoms with E-state index in [0.717, 1.165) is 53.8 Å². The predicted molar refractivity (Wildman–Crippen MR) is 129 cm³/mol. The van der Waals surface area contributed by atoms with E-state index >= 15 is 0 Å². The first-order valence-electron chi connectivity index (χ1n) is 10.8. The lowest BCUT2D eigenvalue weighted by molar-refractivity contribution is -0.130. The van der Waals surface area contributed by atoms with Gasteiger partial charge in [0.25, 0.3) is 0 Å². The number of piperazine rings is 1. The van der Waals surface area contributed by atoms with E-state index in [0.29, 0.717) is 6.42 Å². The first-order chi connectivity index (χ1) is 15.6. The lowest BCUT2D eigenvalue weighted by atomic mass is 10.1. The van der Waals surface area contributed by atoms with Gasteiger partial charge in [-0.3, -0.25) is 9.20 Å². The molecule has 1 aliphatic heterocycles. The molecule has 0 aliphatic carbocycles. The first kappa shape index (κ1) is 20.6. The molecule has 1 saturated heterocycles. The molecule has 2 aromatic heterocycles. The zero-order valence-electron chi connectivity index (χ0n) is 18.3. The average molecular weight is 447 g/mol. The van der Waals surface area contributed by atoms with Crippen LogP contribution in [0.2, 0.25) is 0 Å². The number of benzene rings is 2. The molecule has 0 N–H and O–H groups in total. The molecule has 3 heterocycles. The maximum absolute atomic E-state index is 13.0. The van der Waals surface area contributed by atoms with Crippen LogP contribution in [0.25, 0.3) is 16.2 Å². The first-order valence-corrected chi connectivity index (χ1v) is 11.7. The molecule has 164 valence electrons. The van der Waals surface area contributed by atoms with E-state index in [1.807, 2.05) is 28.6 Å². The van der Waals surface area contributed by atoms with Crippen LogP contribution in [0.5, 0.6) is 5.75 Å². The highest BCUT2D eigenvalue weighted by Crippen LogP contribution is 2.25. The fourth-order valence-corrected chi connectivity index (χ4v) is 4.97. The molecule has 0 radical (unpaired) electrons. The summed E-state index contributed by atoms with van der Waals surface area (Å²) < 4.78 is 7.30. The van der Waals surface area contributed by atoms with Crippen molar-refractivity contribution in [1.82, 2.24) is 14.3 Å². The van der Waals surface area contributed by atoms with Gasteiger partial charge in [0.15, 0.2) is 4.96 Å². The number of ether oxygens (including phenoxy) is 1. The van der Waals surface area contributed by atoms with Crippen molar-refractivity contribution in [3.63, 3.8) is 0 Å². The number of aryl methyl sites for hydroxylation is 1. The maximum atomic E-state index is 13.0. The lowest BCUT2D eigenvalue weighted by Gasteiger charge is -2.36. The van der Waals surface area contributed by atoms with Crippen LogP contribution in [-0.2, 0) is 11.2 Å². The highest BCUT2D eigenvalue weighted by atomic mass is 32.1. The molecular formula is C25H26N4O2S. The van der Waals surface area contributed by atoms with E-state index in [9.17, 15) is 4.79 Å². The second kappa shape index (κ2) is 8.67. The molecule has 6 nitrogen and oxygen atoms in total. The third-order valence-corrected chi connectivity index (χ3v) is 6.92. The van der Waals surface area contributed by atoms with Crippen molar-refractivity contribution in [2.45, 2.75) is 13.3 Å². The van der Waals surface area contributed by atoms with E-state index in [1.165, 1.54) is 11.3 Å². The van der Waals surface area contributed by atoms with Gasteiger partial charge in [0.05, 0.1) is 19.2 Å². The molecule has 0 unspecified atom stereocenters. The van der Waals surface area contributed by atoms with Crippen LogP contribution < -0.4 is 9.64 Å². The Bertz CT molecular complexity index is 1220. The van der Waals surface area contributed by atoms with E-state index in [4.69, 9.17) is 9.72 Å². The van der Waals surface area contributed by atoms with Gasteiger partial charge < -0.3 is 14.5 Å². The molecule has 7 heteroatoms. The second-order valence-electron chi connectivity index (χ2n) is 8.11. The van der Waals surface area contributed by atoms with Crippen LogP contribution >= 0.6 is 11.3 Å². The summed E-state index contributed by atoms with van der Waals surface area (Å²) >= 11 is 1.58. The third kappa shape index (κ3) is 4.08. The van der Waals surface area contributed by atoms with E-state index < -0.39 is 0 Å². The molecule has 0 atom stereocenters. The average Bonchev–Trinajstić information content (AvgIpc) is 3.42. The fraction of sp³-hybridized carbons (Fsp3) is 0.280. The summed E-state index contributed by atoms with van der Waals surface area (Å²) in [5.41, 5.74) is 5.43. The van der Waals surface area contributed by atoms with Crippen molar-refractivity contribution in [3.8, 4) is 17.0 Å². The van der Waals surface area contributed by atoms with Crippen LogP contribution in [0, 0.1) is 6.92 Å². The van der Waals surface area contributed by atoms with Crippen molar-refractivity contribution in [2.24, 2.45) is 0 Å². The molecular weight excluding hydrogens is 420 g/mol. The second-order valence-corrected chi connectivity index (χ2v) is 8.95. The summed E-state index contributed by atoms with van der Waals surface area (Å²) in [7, 11) is 1.67. The Balaban J connectivity index is 1.23. The number of fused-ring (bicyclic) bond motifs is 1. The van der Waals surface area contributed by atoms with Crippen LogP contribution in [0.4, 0.5) is 5.69 Å². The molecule has 5 rings (SSSR count). The number of thiazole rings is 1. The Labute approximate surface area is 191 Å². The van der Waals surface area contributed by atoms with E-state index in [-0.39, 0.29) is 5.91 Å². The number of anilines is 1. The maximum Gasteiger partial charge on any atom is 0.228 e. The van der Waals surface area contributed by atoms with Crippen molar-refractivity contribution in [1.29, 1.82) is 0 Å². The van der Waals surface area contributed by atoms with Gasteiger partial charge in [-0.05, 0) is 31.2 Å². The molecule has 2 aromatic carbocycles. The summed E-state index contributed by atoms with van der Waals surface area (Å²) in [4.78, 5) is 23.0. The number of aromatic nitrogens is 2. The molecule has 0 spiro atoms. The topological polar surface area (TPSA) is 50.1 Å². The Morgan fingerprint density at radius 3 is 2.44 bits per heavy atom. The number of imidazole rings is 1. The molecule has 1 amide bonds. The number of hydrogen-bond donors (Lipinski definition) is 0. The standard InChI is InChI=1S/C25H26N4O2S/c1-18-3-5-19(6-4-18)23-16-29-21(17-32-25(29)26-23)15-24(30)28-13-11-27(12-14-28)20-7-9-22(31-2)10-8-20/h3-10,16-17H,11-15H2,1-2H3. The number of hydrogen-bond acceptors (Lipinski definition) is 5. The normalized spacial score (nSPS) is 14.2. The third-order valence-electron chi connectivity index (χ3n) is 6.03. The molecule has 32 heavy (non-hydrogen) atoms. The van der Waals surface area contributed by atoms with Crippen LogP contribution in [-0.4, -0.2) is 53.5 Å². The number of amides is 1. The Kier molecular flexibility index (Phi) is 5.57. The molecule has 0 saturated carbocycles. The van der Waals surface area contributed by atoms with E-state index in [2.05, 4.69) is 52.6 Å². The Morgan fingerprint density at radius 2 is 1.75 bits per heavy atom. The van der Waals surface area contributed by atoms with Crippen molar-refractivity contribution in [3.05, 3.63) is 71.4 Å². The summed E-state index contributed by atoms with van der Waals surface area (Å²) in [5.74, 6) is 1.03. The molecule has 1 aliphatic rings. The molecule has 1 fully saturated rings. The molecule has 0 bridgehead atoms. The number of rotatable bonds is 5. The van der Waals surface area contributed by atoms with Gasteiger partial charge in [0, 0.05) is 54.7 Å². The minimum Gasteiger partial charge on any atom is -0.497 e. The Hall–Kier alpha value is -3.32. The van der Waals surface area contributed by atoms with Gasteiger partial charge in [0.2, 0.25) is 5.91 Å². The van der Waals surface area contributed by atoms with Gasteiger partial charge in [0.1, 0.15) is 5.75 Å². The molecule has 4 aromatic rings. The zero-order chi connectivity index (χ0) is 22.1. The number of methoxy groups -OCH3 is 1.